The lowest BCUT2D eigenvalue weighted by atomic mass is 9.78. The van der Waals surface area contributed by atoms with Gasteiger partial charge in [0.05, 0.1) is 0 Å². The second-order valence-corrected chi connectivity index (χ2v) is 3.80. The van der Waals surface area contributed by atoms with Crippen LogP contribution in [0.5, 0.6) is 0 Å². The molecule has 0 amide bonds. The molecule has 1 heterocycles. The second kappa shape index (κ2) is 4.26. The fraction of sp³-hybridized carbons (Fsp3) is 1.00. The van der Waals surface area contributed by atoms with E-state index >= 15 is 0 Å². The lowest BCUT2D eigenvalue weighted by Gasteiger charge is -2.38. The van der Waals surface area contributed by atoms with Crippen molar-refractivity contribution in [1.82, 2.24) is 4.81 Å². The van der Waals surface area contributed by atoms with Gasteiger partial charge in [-0.25, -0.2) is 0 Å². The van der Waals surface area contributed by atoms with Crippen LogP contribution in [0.15, 0.2) is 0 Å². The zero-order valence-electron chi connectivity index (χ0n) is 7.90. The third kappa shape index (κ3) is 2.22. The zero-order chi connectivity index (χ0) is 9.14. The van der Waals surface area contributed by atoms with Gasteiger partial charge in [0.25, 0.3) is 0 Å². The van der Waals surface area contributed by atoms with Gasteiger partial charge in [-0.2, -0.15) is 0 Å². The molecule has 1 fully saturated rings. The molecule has 1 aliphatic rings. The Morgan fingerprint density at radius 3 is 2.67 bits per heavy atom. The van der Waals surface area contributed by atoms with Crippen LogP contribution in [-0.4, -0.2) is 41.2 Å². The molecule has 12 heavy (non-hydrogen) atoms. The van der Waals surface area contributed by atoms with Gasteiger partial charge < -0.3 is 14.9 Å². The van der Waals surface area contributed by atoms with Crippen LogP contribution in [0.25, 0.3) is 0 Å². The third-order valence-corrected chi connectivity index (χ3v) is 2.77. The van der Waals surface area contributed by atoms with Crippen LogP contribution >= 0.6 is 0 Å². The first-order chi connectivity index (χ1) is 5.65. The van der Waals surface area contributed by atoms with Crippen molar-refractivity contribution in [3.8, 4) is 0 Å². The fourth-order valence-electron chi connectivity index (χ4n) is 1.88. The van der Waals surface area contributed by atoms with Gasteiger partial charge in [-0.3, -0.25) is 0 Å². The average molecular weight is 171 g/mol. The maximum atomic E-state index is 9.41. The number of hydrogen-bond acceptors (Lipinski definition) is 3. The molecular weight excluding hydrogens is 153 g/mol. The van der Waals surface area contributed by atoms with Crippen molar-refractivity contribution in [2.24, 2.45) is 5.92 Å². The third-order valence-electron chi connectivity index (χ3n) is 2.77. The Balaban J connectivity index is 2.47. The Morgan fingerprint density at radius 2 is 2.17 bits per heavy atom. The highest BCUT2D eigenvalue weighted by atomic mass is 16.3. The maximum absolute atomic E-state index is 9.41. The number of aliphatic hydroxyl groups excluding tert-OH is 1. The van der Waals surface area contributed by atoms with E-state index in [0.29, 0.717) is 12.0 Å². The molecule has 0 radical (unpaired) electrons. The van der Waals surface area contributed by atoms with Gasteiger partial charge in [0.1, 0.15) is 0 Å². The second-order valence-electron chi connectivity index (χ2n) is 3.80. The average Bonchev–Trinajstić information content (AvgIpc) is 2.05. The Hall–Kier alpha value is -0.0551. The molecule has 4 heteroatoms. The van der Waals surface area contributed by atoms with Crippen molar-refractivity contribution in [2.45, 2.75) is 32.6 Å². The van der Waals surface area contributed by atoms with Crippen LogP contribution in [0.1, 0.15) is 19.8 Å². The Kier molecular flexibility index (Phi) is 3.56. The van der Waals surface area contributed by atoms with Crippen LogP contribution in [-0.2, 0) is 0 Å². The van der Waals surface area contributed by atoms with Gasteiger partial charge in [0.15, 0.2) is 0 Å². The van der Waals surface area contributed by atoms with E-state index in [9.17, 15) is 5.02 Å². The van der Waals surface area contributed by atoms with E-state index in [-0.39, 0.29) is 13.7 Å². The van der Waals surface area contributed by atoms with Crippen LogP contribution in [0.3, 0.4) is 0 Å². The molecule has 0 saturated carbocycles. The van der Waals surface area contributed by atoms with Crippen LogP contribution in [0.2, 0.25) is 6.82 Å². The normalized spacial score (nSPS) is 32.0. The topological polar surface area (TPSA) is 43.7 Å². The predicted molar refractivity (Wildman–Crippen MR) is 49.8 cm³/mol. The highest BCUT2D eigenvalue weighted by Gasteiger charge is 2.29. The smallest absolute Gasteiger partial charge is 0.376 e. The lowest BCUT2D eigenvalue weighted by molar-refractivity contribution is 0.127. The molecule has 1 aliphatic heterocycles. The van der Waals surface area contributed by atoms with Crippen molar-refractivity contribution in [2.75, 3.05) is 13.2 Å². The SMILES string of the molecule is CB(O)N1CC(CO)CCC1C. The standard InChI is InChI=1S/C8H18BNO2/c1-7-3-4-8(6-11)5-10(7)9(2)12/h7-8,11-12H,3-6H2,1-2H3. The van der Waals surface area contributed by atoms with Crippen molar-refractivity contribution in [1.29, 1.82) is 0 Å². The summed E-state index contributed by atoms with van der Waals surface area (Å²) in [7, 11) is -0.380. The fourth-order valence-corrected chi connectivity index (χ4v) is 1.88. The van der Waals surface area contributed by atoms with Crippen LogP contribution < -0.4 is 0 Å². The van der Waals surface area contributed by atoms with E-state index in [1.54, 1.807) is 6.82 Å². The minimum atomic E-state index is -0.380. The highest BCUT2D eigenvalue weighted by Crippen LogP contribution is 2.21. The number of rotatable bonds is 2. The number of hydrogen-bond donors (Lipinski definition) is 2. The minimum absolute atomic E-state index is 0.246. The maximum Gasteiger partial charge on any atom is 0.376 e. The molecule has 70 valence electrons. The lowest BCUT2D eigenvalue weighted by Crippen LogP contribution is -2.49. The van der Waals surface area contributed by atoms with Crippen molar-refractivity contribution in [3.63, 3.8) is 0 Å². The first kappa shape index (κ1) is 10.0. The van der Waals surface area contributed by atoms with E-state index in [1.807, 2.05) is 4.81 Å². The van der Waals surface area contributed by atoms with Gasteiger partial charge >= 0.3 is 7.05 Å². The summed E-state index contributed by atoms with van der Waals surface area (Å²) in [5, 5.41) is 18.4. The van der Waals surface area contributed by atoms with Gasteiger partial charge in [-0.1, -0.05) is 6.92 Å². The summed E-state index contributed by atoms with van der Waals surface area (Å²) in [6, 6.07) is 0.452. The van der Waals surface area contributed by atoms with E-state index in [0.717, 1.165) is 19.4 Å². The molecule has 1 saturated heterocycles. The molecule has 0 aromatic carbocycles. The van der Waals surface area contributed by atoms with Crippen molar-refractivity contribution < 1.29 is 10.1 Å². The van der Waals surface area contributed by atoms with Crippen LogP contribution in [0.4, 0.5) is 0 Å². The summed E-state index contributed by atoms with van der Waals surface area (Å²) in [5.74, 6) is 0.357. The first-order valence-electron chi connectivity index (χ1n) is 4.69. The van der Waals surface area contributed by atoms with E-state index in [4.69, 9.17) is 5.11 Å². The van der Waals surface area contributed by atoms with Crippen molar-refractivity contribution in [3.05, 3.63) is 0 Å². The molecule has 3 nitrogen and oxygen atoms in total. The molecule has 2 unspecified atom stereocenters. The summed E-state index contributed by atoms with van der Waals surface area (Å²) in [6.45, 7) is 4.99. The summed E-state index contributed by atoms with van der Waals surface area (Å²) in [4.78, 5) is 2.05. The van der Waals surface area contributed by atoms with E-state index < -0.39 is 0 Å². The zero-order valence-corrected chi connectivity index (χ0v) is 7.90. The molecule has 0 aromatic heterocycles. The monoisotopic (exact) mass is 171 g/mol. The molecule has 2 atom stereocenters. The van der Waals surface area contributed by atoms with Gasteiger partial charge in [-0.15, -0.1) is 0 Å². The minimum Gasteiger partial charge on any atom is -0.437 e. The summed E-state index contributed by atoms with van der Waals surface area (Å²) in [6.07, 6.45) is 2.16. The summed E-state index contributed by atoms with van der Waals surface area (Å²) in [5.41, 5.74) is 0. The highest BCUT2D eigenvalue weighted by molar-refractivity contribution is 6.45. The Labute approximate surface area is 74.5 Å². The predicted octanol–water partition coefficient (Wildman–Crippen LogP) is 0.189. The summed E-state index contributed by atoms with van der Waals surface area (Å²) >= 11 is 0. The number of nitrogens with zero attached hydrogens (tertiary/aromatic N) is 1. The van der Waals surface area contributed by atoms with Crippen molar-refractivity contribution >= 4 is 7.05 Å². The first-order valence-corrected chi connectivity index (χ1v) is 4.69. The Morgan fingerprint density at radius 1 is 1.50 bits per heavy atom. The van der Waals surface area contributed by atoms with Gasteiger partial charge in [-0.05, 0) is 38.2 Å². The van der Waals surface area contributed by atoms with Gasteiger partial charge in [0, 0.05) is 6.61 Å². The van der Waals surface area contributed by atoms with Crippen LogP contribution in [0, 0.1) is 5.92 Å². The quantitative estimate of drug-likeness (QED) is 0.583. The molecular formula is C8H18BNO2. The molecule has 1 rings (SSSR count). The summed E-state index contributed by atoms with van der Waals surface area (Å²) < 4.78 is 0. The molecule has 0 aliphatic carbocycles. The van der Waals surface area contributed by atoms with E-state index in [1.165, 1.54) is 0 Å². The van der Waals surface area contributed by atoms with E-state index in [2.05, 4.69) is 6.92 Å². The number of aliphatic hydroxyl groups is 1. The molecule has 0 bridgehead atoms. The molecule has 0 aromatic rings. The molecule has 0 spiro atoms. The van der Waals surface area contributed by atoms with Gasteiger partial charge in [0.2, 0.25) is 0 Å². The molecule has 2 N–H and O–H groups in total. The largest absolute Gasteiger partial charge is 0.437 e. The Bertz CT molecular complexity index is 143. The number of piperidine rings is 1.